The maximum absolute atomic E-state index is 13.4. The van der Waals surface area contributed by atoms with E-state index in [1.54, 1.807) is 12.0 Å². The van der Waals surface area contributed by atoms with Crippen molar-refractivity contribution in [3.05, 3.63) is 51.8 Å². The molecule has 5 heteroatoms. The van der Waals surface area contributed by atoms with Crippen LogP contribution in [0.5, 0.6) is 0 Å². The Bertz CT molecular complexity index is 918. The number of piperidine rings is 1. The molecular formula is C26H35NO4. The van der Waals surface area contributed by atoms with Gasteiger partial charge in [0.05, 0.1) is 12.7 Å². The number of methoxy groups -OCH3 is 1. The lowest BCUT2D eigenvalue weighted by molar-refractivity contribution is -0.110. The Morgan fingerprint density at radius 3 is 2.19 bits per heavy atom. The molecule has 1 saturated heterocycles. The first kappa shape index (κ1) is 23.1. The summed E-state index contributed by atoms with van der Waals surface area (Å²) in [6, 6.07) is 4.23. The first-order valence-corrected chi connectivity index (χ1v) is 11.1. The molecule has 1 fully saturated rings. The van der Waals surface area contributed by atoms with Gasteiger partial charge in [-0.3, -0.25) is 4.79 Å². The van der Waals surface area contributed by atoms with E-state index in [0.29, 0.717) is 25.1 Å². The number of likely N-dealkylation sites (tertiary alicyclic amines) is 1. The number of ketones is 1. The Balaban J connectivity index is 1.74. The smallest absolute Gasteiger partial charge is 0.410 e. The van der Waals surface area contributed by atoms with Crippen molar-refractivity contribution in [3.8, 4) is 0 Å². The van der Waals surface area contributed by atoms with Crippen LogP contribution in [0.25, 0.3) is 5.57 Å². The molecule has 1 aliphatic carbocycles. The minimum atomic E-state index is -0.489. The van der Waals surface area contributed by atoms with Crippen molar-refractivity contribution in [3.63, 3.8) is 0 Å². The highest BCUT2D eigenvalue weighted by atomic mass is 16.6. The summed E-state index contributed by atoms with van der Waals surface area (Å²) in [5.74, 6) is 1.09. The first-order valence-electron chi connectivity index (χ1n) is 11.1. The van der Waals surface area contributed by atoms with E-state index in [1.165, 1.54) is 5.56 Å². The second-order valence-electron chi connectivity index (χ2n) is 9.78. The van der Waals surface area contributed by atoms with E-state index in [0.717, 1.165) is 40.9 Å². The van der Waals surface area contributed by atoms with Crippen molar-refractivity contribution in [2.75, 3.05) is 20.2 Å². The summed E-state index contributed by atoms with van der Waals surface area (Å²) in [5.41, 5.74) is 5.41. The molecule has 0 spiro atoms. The van der Waals surface area contributed by atoms with E-state index in [4.69, 9.17) is 9.47 Å². The van der Waals surface area contributed by atoms with Gasteiger partial charge in [-0.15, -0.1) is 0 Å². The number of hydrogen-bond acceptors (Lipinski definition) is 4. The third-order valence-corrected chi connectivity index (χ3v) is 5.95. The molecule has 5 nitrogen and oxygen atoms in total. The average molecular weight is 426 g/mol. The fraction of sp³-hybridized carbons (Fsp3) is 0.538. The van der Waals surface area contributed by atoms with Crippen molar-refractivity contribution in [1.82, 2.24) is 4.90 Å². The fourth-order valence-corrected chi connectivity index (χ4v) is 4.62. The van der Waals surface area contributed by atoms with Crippen molar-refractivity contribution >= 4 is 17.4 Å². The molecule has 0 N–H and O–H groups in total. The second kappa shape index (κ2) is 8.89. The van der Waals surface area contributed by atoms with Gasteiger partial charge >= 0.3 is 6.09 Å². The monoisotopic (exact) mass is 425 g/mol. The van der Waals surface area contributed by atoms with Crippen LogP contribution in [0.1, 0.15) is 62.3 Å². The van der Waals surface area contributed by atoms with Crippen LogP contribution in [-0.2, 0) is 14.3 Å². The normalized spacial score (nSPS) is 19.4. The van der Waals surface area contributed by atoms with Gasteiger partial charge in [-0.2, -0.15) is 0 Å². The van der Waals surface area contributed by atoms with Crippen LogP contribution in [0.4, 0.5) is 4.79 Å². The summed E-state index contributed by atoms with van der Waals surface area (Å²) in [7, 11) is 1.64. The number of allylic oxidation sites excluding steroid dienone is 3. The highest BCUT2D eigenvalue weighted by Gasteiger charge is 2.33. The van der Waals surface area contributed by atoms with Gasteiger partial charge in [0, 0.05) is 25.1 Å². The van der Waals surface area contributed by atoms with Crippen LogP contribution in [-0.4, -0.2) is 42.6 Å². The largest absolute Gasteiger partial charge is 0.500 e. The third kappa shape index (κ3) is 5.20. The molecule has 0 aromatic heterocycles. The molecule has 1 aliphatic heterocycles. The minimum absolute atomic E-state index is 0.0708. The van der Waals surface area contributed by atoms with Gasteiger partial charge in [-0.05, 0) is 77.0 Å². The molecule has 1 heterocycles. The molecule has 1 amide bonds. The van der Waals surface area contributed by atoms with Crippen molar-refractivity contribution in [2.45, 2.75) is 66.4 Å². The van der Waals surface area contributed by atoms with E-state index in [9.17, 15) is 9.59 Å². The molecule has 1 aromatic rings. The molecule has 1 aromatic carbocycles. The van der Waals surface area contributed by atoms with Crippen LogP contribution in [0.15, 0.2) is 29.5 Å². The van der Waals surface area contributed by atoms with Gasteiger partial charge in [0.25, 0.3) is 0 Å². The van der Waals surface area contributed by atoms with E-state index in [-0.39, 0.29) is 17.8 Å². The summed E-state index contributed by atoms with van der Waals surface area (Å²) in [5, 5.41) is 0. The van der Waals surface area contributed by atoms with Crippen molar-refractivity contribution < 1.29 is 19.1 Å². The summed E-state index contributed by atoms with van der Waals surface area (Å²) in [6.07, 6.45) is 4.04. The Hall–Kier alpha value is -2.56. The summed E-state index contributed by atoms with van der Waals surface area (Å²) in [6.45, 7) is 13.1. The zero-order valence-corrected chi connectivity index (χ0v) is 19.9. The number of benzene rings is 1. The lowest BCUT2D eigenvalue weighted by Gasteiger charge is -2.32. The topological polar surface area (TPSA) is 55.8 Å². The number of rotatable bonds is 3. The van der Waals surface area contributed by atoms with Gasteiger partial charge in [0.1, 0.15) is 11.4 Å². The predicted octanol–water partition coefficient (Wildman–Crippen LogP) is 5.52. The van der Waals surface area contributed by atoms with E-state index < -0.39 is 5.60 Å². The molecular weight excluding hydrogens is 390 g/mol. The average Bonchev–Trinajstić information content (AvgIpc) is 2.96. The number of Topliss-reactive ketones (excluding diaryl/α,β-unsaturated/α-hetero) is 1. The zero-order chi connectivity index (χ0) is 22.9. The van der Waals surface area contributed by atoms with Gasteiger partial charge in [0.2, 0.25) is 0 Å². The minimum Gasteiger partial charge on any atom is -0.500 e. The highest BCUT2D eigenvalue weighted by molar-refractivity contribution is 6.32. The predicted molar refractivity (Wildman–Crippen MR) is 123 cm³/mol. The van der Waals surface area contributed by atoms with Crippen LogP contribution >= 0.6 is 0 Å². The van der Waals surface area contributed by atoms with E-state index >= 15 is 0 Å². The Morgan fingerprint density at radius 1 is 1.10 bits per heavy atom. The Morgan fingerprint density at radius 2 is 1.68 bits per heavy atom. The van der Waals surface area contributed by atoms with Crippen molar-refractivity contribution in [2.24, 2.45) is 5.92 Å². The van der Waals surface area contributed by atoms with Gasteiger partial charge in [0.15, 0.2) is 5.78 Å². The van der Waals surface area contributed by atoms with Crippen LogP contribution in [0.2, 0.25) is 0 Å². The molecule has 0 radical (unpaired) electrons. The van der Waals surface area contributed by atoms with Crippen LogP contribution < -0.4 is 0 Å². The number of aryl methyl sites for hydroxylation is 3. The number of amides is 1. The number of ether oxygens (including phenoxy) is 2. The van der Waals surface area contributed by atoms with Gasteiger partial charge < -0.3 is 14.4 Å². The summed E-state index contributed by atoms with van der Waals surface area (Å²) in [4.78, 5) is 27.4. The van der Waals surface area contributed by atoms with Crippen LogP contribution in [0, 0.1) is 26.7 Å². The molecule has 3 rings (SSSR count). The maximum Gasteiger partial charge on any atom is 0.410 e. The first-order chi connectivity index (χ1) is 14.5. The molecule has 0 bridgehead atoms. The Kier molecular flexibility index (Phi) is 6.63. The third-order valence-electron chi connectivity index (χ3n) is 5.95. The highest BCUT2D eigenvalue weighted by Crippen LogP contribution is 2.39. The SMILES string of the molecule is COC1=C(c2c(C)cc(C)cc2C)C(=O)/C(=C/C2CCN(C(=O)OC(C)(C)C)CC2)C1. The number of carbonyl (C=O) groups excluding carboxylic acids is 2. The molecule has 168 valence electrons. The Labute approximate surface area is 186 Å². The lowest BCUT2D eigenvalue weighted by atomic mass is 9.90. The number of carbonyl (C=O) groups is 2. The zero-order valence-electron chi connectivity index (χ0n) is 19.9. The molecule has 0 unspecified atom stereocenters. The molecule has 31 heavy (non-hydrogen) atoms. The standard InChI is InChI=1S/C26H35NO4/c1-16-12-17(2)22(18(3)13-16)23-21(30-7)15-20(24(23)28)14-19-8-10-27(11-9-19)25(29)31-26(4,5)6/h12-14,19H,8-11,15H2,1-7H3/b20-14+. The molecule has 0 atom stereocenters. The summed E-state index contributed by atoms with van der Waals surface area (Å²) < 4.78 is 11.1. The lowest BCUT2D eigenvalue weighted by Crippen LogP contribution is -2.41. The number of hydrogen-bond donors (Lipinski definition) is 0. The second-order valence-corrected chi connectivity index (χ2v) is 9.78. The quantitative estimate of drug-likeness (QED) is 0.599. The fourth-order valence-electron chi connectivity index (χ4n) is 4.62. The van der Waals surface area contributed by atoms with E-state index in [2.05, 4.69) is 39.0 Å². The molecule has 0 saturated carbocycles. The molecule has 2 aliphatic rings. The maximum atomic E-state index is 13.4. The summed E-state index contributed by atoms with van der Waals surface area (Å²) >= 11 is 0. The van der Waals surface area contributed by atoms with Gasteiger partial charge in [-0.25, -0.2) is 4.79 Å². The van der Waals surface area contributed by atoms with E-state index in [1.807, 2.05) is 20.8 Å². The van der Waals surface area contributed by atoms with Crippen LogP contribution in [0.3, 0.4) is 0 Å². The van der Waals surface area contributed by atoms with Gasteiger partial charge in [-0.1, -0.05) is 23.8 Å². The van der Waals surface area contributed by atoms with Crippen molar-refractivity contribution in [1.29, 1.82) is 0 Å². The number of nitrogens with zero attached hydrogens (tertiary/aromatic N) is 1.